The molecule has 0 radical (unpaired) electrons. The van der Waals surface area contributed by atoms with E-state index in [1.807, 2.05) is 0 Å². The number of carbonyl (C=O) groups is 2. The van der Waals surface area contributed by atoms with Gasteiger partial charge in [-0.2, -0.15) is 181 Å². The van der Waals surface area contributed by atoms with Gasteiger partial charge in [0.2, 0.25) is 12.2 Å². The maximum absolute atomic E-state index is 15.7. The molecule has 0 unspecified atom stereocenters. The summed E-state index contributed by atoms with van der Waals surface area (Å²) in [6.45, 7) is -1.65. The van der Waals surface area contributed by atoms with E-state index in [0.29, 0.717) is 13.0 Å². The number of benzene rings is 1. The number of carbonyl (C=O) groups excluding carboxylic acids is 4. The normalized spacial score (nSPS) is 15.6. The monoisotopic (exact) mass is 1260 g/mol. The van der Waals surface area contributed by atoms with Crippen molar-refractivity contribution in [3.63, 3.8) is 0 Å². The second kappa shape index (κ2) is 19.4. The van der Waals surface area contributed by atoms with Gasteiger partial charge in [0.1, 0.15) is 11.4 Å². The molecule has 0 heterocycles. The number of aliphatic imine (C=N–C) groups is 2. The summed E-state index contributed by atoms with van der Waals surface area (Å²) >= 11 is 0. The third kappa shape index (κ3) is 9.05. The number of esters is 1. The highest BCUT2D eigenvalue weighted by atomic mass is 19.4. The first-order chi connectivity index (χ1) is 34.1. The number of amides is 1. The topological polar surface area (TPSA) is 114 Å². The van der Waals surface area contributed by atoms with Gasteiger partial charge >= 0.3 is 119 Å². The largest absolute Gasteiger partial charge is 0.460 e. The molecular formula is C32H10F39N3O5. The summed E-state index contributed by atoms with van der Waals surface area (Å²) in [5.41, 5.74) is -12.5. The van der Waals surface area contributed by atoms with Gasteiger partial charge in [-0.3, -0.25) is 9.59 Å². The molecule has 79 heavy (non-hydrogen) atoms. The quantitative estimate of drug-likeness (QED) is 0.0385. The third-order valence-electron chi connectivity index (χ3n) is 9.91. The van der Waals surface area contributed by atoms with E-state index in [0.717, 1.165) is 5.32 Å². The minimum absolute atomic E-state index is 0.214. The summed E-state index contributed by atoms with van der Waals surface area (Å²) in [6, 6.07) is -0.478. The molecule has 0 saturated heterocycles. The first kappa shape index (κ1) is 71.2. The lowest BCUT2D eigenvalue weighted by Gasteiger charge is -2.47. The Morgan fingerprint density at radius 1 is 0.418 bits per heavy atom. The zero-order valence-corrected chi connectivity index (χ0v) is 35.5. The molecule has 0 aliphatic heterocycles. The molecule has 0 bridgehead atoms. The smallest absolute Gasteiger partial charge is 0.445 e. The van der Waals surface area contributed by atoms with Gasteiger partial charge in [-0.05, 0) is 18.6 Å². The highest BCUT2D eigenvalue weighted by Crippen LogP contribution is 2.71. The number of nitrogens with zero attached hydrogens (tertiary/aromatic N) is 2. The highest BCUT2D eigenvalue weighted by molar-refractivity contribution is 6.04. The highest BCUT2D eigenvalue weighted by Gasteiger charge is 3.03. The van der Waals surface area contributed by atoms with Crippen LogP contribution in [0.5, 0.6) is 0 Å². The fraction of sp³-hybridized carbons (Fsp3) is 0.688. The molecule has 0 saturated carbocycles. The van der Waals surface area contributed by atoms with E-state index in [9.17, 15) is 173 Å². The van der Waals surface area contributed by atoms with Crippen molar-refractivity contribution in [1.82, 2.24) is 5.32 Å². The Morgan fingerprint density at radius 3 is 0.886 bits per heavy atom. The first-order valence-electron chi connectivity index (χ1n) is 17.8. The maximum Gasteiger partial charge on any atom is 0.460 e. The number of halogens is 39. The number of ether oxygens (including phenoxy) is 1. The van der Waals surface area contributed by atoms with Crippen LogP contribution in [0.15, 0.2) is 16.1 Å². The van der Waals surface area contributed by atoms with Gasteiger partial charge in [0, 0.05) is 12.5 Å². The second-order valence-corrected chi connectivity index (χ2v) is 14.8. The zero-order chi connectivity index (χ0) is 64.2. The Hall–Kier alpha value is -5.81. The number of hydrogen-bond acceptors (Lipinski definition) is 7. The Bertz CT molecular complexity index is 2610. The Morgan fingerprint density at radius 2 is 0.658 bits per heavy atom. The van der Waals surface area contributed by atoms with Crippen molar-refractivity contribution >= 4 is 35.4 Å². The molecule has 0 aromatic heterocycles. The molecule has 0 aliphatic carbocycles. The molecule has 47 heteroatoms. The summed E-state index contributed by atoms with van der Waals surface area (Å²) in [5.74, 6) is -185. The Labute approximate surface area is 402 Å². The van der Waals surface area contributed by atoms with Crippen LogP contribution in [0.2, 0.25) is 0 Å². The van der Waals surface area contributed by atoms with Gasteiger partial charge in [0.05, 0.1) is 5.56 Å². The number of alkyl halides is 39. The molecule has 0 spiro atoms. The van der Waals surface area contributed by atoms with Crippen LogP contribution in [0.1, 0.15) is 28.4 Å². The molecule has 1 aromatic rings. The van der Waals surface area contributed by atoms with E-state index in [1.54, 1.807) is 0 Å². The van der Waals surface area contributed by atoms with Gasteiger partial charge in [0.15, 0.2) is 6.73 Å². The van der Waals surface area contributed by atoms with E-state index in [2.05, 4.69) is 14.7 Å². The van der Waals surface area contributed by atoms with Gasteiger partial charge < -0.3 is 10.1 Å². The number of isocyanates is 2. The van der Waals surface area contributed by atoms with Crippen molar-refractivity contribution in [1.29, 1.82) is 0 Å². The van der Waals surface area contributed by atoms with E-state index in [4.69, 9.17) is 0 Å². The lowest BCUT2D eigenvalue weighted by molar-refractivity contribution is -0.495. The van der Waals surface area contributed by atoms with E-state index >= 15 is 17.6 Å². The summed E-state index contributed by atoms with van der Waals surface area (Å²) in [6.07, 6.45) is -7.92. The van der Waals surface area contributed by atoms with Gasteiger partial charge in [-0.25, -0.2) is 9.59 Å². The van der Waals surface area contributed by atoms with Crippen molar-refractivity contribution in [2.45, 2.75) is 127 Å². The number of nitrogens with one attached hydrogen (secondary N) is 1. The summed E-state index contributed by atoms with van der Waals surface area (Å²) in [7, 11) is 0. The van der Waals surface area contributed by atoms with Crippen molar-refractivity contribution in [3.05, 3.63) is 22.8 Å². The van der Waals surface area contributed by atoms with Gasteiger partial charge in [-0.15, -0.1) is 0 Å². The number of aryl methyl sites for hydroxylation is 1. The van der Waals surface area contributed by atoms with E-state index in [1.165, 1.54) is 0 Å². The molecule has 0 aliphatic rings. The van der Waals surface area contributed by atoms with Crippen LogP contribution >= 0.6 is 0 Å². The maximum atomic E-state index is 15.7. The molecule has 1 N–H and O–H groups in total. The fourth-order valence-corrected chi connectivity index (χ4v) is 5.49. The minimum Gasteiger partial charge on any atom is -0.445 e. The van der Waals surface area contributed by atoms with Crippen LogP contribution in [0.25, 0.3) is 0 Å². The van der Waals surface area contributed by atoms with Gasteiger partial charge in [-0.1, -0.05) is 0 Å². The third-order valence-corrected chi connectivity index (χ3v) is 9.91. The molecule has 0 fully saturated rings. The molecular weight excluding hydrogens is 1250 g/mol. The molecule has 1 rings (SSSR count). The molecule has 8 nitrogen and oxygen atoms in total. The summed E-state index contributed by atoms with van der Waals surface area (Å²) in [4.78, 5) is 50.2. The van der Waals surface area contributed by atoms with Crippen LogP contribution in [0.3, 0.4) is 0 Å². The summed E-state index contributed by atoms with van der Waals surface area (Å²) in [5, 5.41) is 1.00. The average molecular weight is 1260 g/mol. The van der Waals surface area contributed by atoms with E-state index < -0.39 is 166 Å². The van der Waals surface area contributed by atoms with E-state index in [-0.39, 0.29) is 13.0 Å². The SMILES string of the molecule is CC(=O)OCNC(=O)c1c(N=C=O)c(N=C=O)cc(C)c1C(F)(F)C(F)(F)C(F)(F)C(F)(F)C(F)(F)C(F)(F)C(F)(F)C(F)(F)C(F)(F)C(F)(F)C(F)(F)C(F)(F)C(F)(F)C(F)(F)C(F)(F)C(F)(F)C(F)(F)C(F)(F)C(F)(F)F. The molecule has 0 atom stereocenters. The number of rotatable bonds is 23. The predicted molar refractivity (Wildman–Crippen MR) is 165 cm³/mol. The Balaban J connectivity index is 4.35. The molecule has 456 valence electrons. The number of hydrogen-bond donors (Lipinski definition) is 1. The van der Waals surface area contributed by atoms with Crippen molar-refractivity contribution in [2.24, 2.45) is 9.98 Å². The van der Waals surface area contributed by atoms with Crippen LogP contribution in [-0.2, 0) is 25.0 Å². The Kier molecular flexibility index (Phi) is 17.5. The standard InChI is InChI=1S/C32H10F39N3O5/c1-7-3-9(72-4-75)12(73-5-76)10(13(78)74-6-79-8(2)77)11(7)14(33,34)15(35,36)16(37,38)17(39,40)18(41,42)19(43,44)20(45,46)21(47,48)22(49,50)23(51,52)24(53,54)25(55,56)26(57,58)27(59,60)28(61,62)29(63,64)30(65,66)31(67,68)32(69,70)71/h3H,6H2,1-2H3,(H,74,78). The van der Waals surface area contributed by atoms with Gasteiger partial charge in [0.25, 0.3) is 5.91 Å². The predicted octanol–water partition coefficient (Wildman–Crippen LogP) is 13.6. The lowest BCUT2D eigenvalue weighted by Crippen LogP contribution is -2.80. The second-order valence-electron chi connectivity index (χ2n) is 14.8. The summed E-state index contributed by atoms with van der Waals surface area (Å²) < 4.78 is 556. The van der Waals surface area contributed by atoms with Crippen molar-refractivity contribution in [2.75, 3.05) is 6.73 Å². The zero-order valence-electron chi connectivity index (χ0n) is 35.5. The lowest BCUT2D eigenvalue weighted by atomic mass is 9.81. The fourth-order valence-electron chi connectivity index (χ4n) is 5.49. The molecule has 1 aromatic carbocycles. The van der Waals surface area contributed by atoms with Crippen LogP contribution in [-0.4, -0.2) is 138 Å². The average Bonchev–Trinajstić information content (AvgIpc) is 3.25. The van der Waals surface area contributed by atoms with Crippen LogP contribution in [0, 0.1) is 6.92 Å². The minimum atomic E-state index is -10.7. The van der Waals surface area contributed by atoms with Crippen LogP contribution in [0.4, 0.5) is 183 Å². The van der Waals surface area contributed by atoms with Crippen molar-refractivity contribution in [3.8, 4) is 0 Å². The van der Waals surface area contributed by atoms with Crippen molar-refractivity contribution < 1.29 is 195 Å². The first-order valence-corrected chi connectivity index (χ1v) is 17.8. The van der Waals surface area contributed by atoms with Crippen LogP contribution < -0.4 is 5.32 Å². The molecule has 1 amide bonds.